The Labute approximate surface area is 116 Å². The molecule has 1 fully saturated rings. The van der Waals surface area contributed by atoms with Gasteiger partial charge in [0.15, 0.2) is 0 Å². The number of hydrogen-bond donors (Lipinski definition) is 1. The lowest BCUT2D eigenvalue weighted by Crippen LogP contribution is -2.46. The molecule has 108 valence electrons. The van der Waals surface area contributed by atoms with Crippen LogP contribution in [0.1, 0.15) is 58.1 Å². The van der Waals surface area contributed by atoms with Gasteiger partial charge in [-0.05, 0) is 45.4 Å². The van der Waals surface area contributed by atoms with Crippen LogP contribution in [-0.2, 0) is 11.3 Å². The van der Waals surface area contributed by atoms with Crippen molar-refractivity contribution in [3.63, 3.8) is 0 Å². The summed E-state index contributed by atoms with van der Waals surface area (Å²) in [6.07, 6.45) is 8.47. The highest BCUT2D eigenvalue weighted by Gasteiger charge is 2.41. The molecule has 1 aromatic heterocycles. The van der Waals surface area contributed by atoms with E-state index in [1.807, 2.05) is 10.9 Å². The number of nitrogens with two attached hydrogens (primary N) is 1. The Balaban J connectivity index is 2.18. The van der Waals surface area contributed by atoms with Crippen LogP contribution in [0, 0.1) is 5.92 Å². The second kappa shape index (κ2) is 6.06. The molecule has 2 rings (SSSR count). The van der Waals surface area contributed by atoms with E-state index in [0.717, 1.165) is 37.5 Å². The topological polar surface area (TPSA) is 53.1 Å². The number of ether oxygens (including phenoxy) is 1. The van der Waals surface area contributed by atoms with Gasteiger partial charge < -0.3 is 10.5 Å². The molecule has 4 heteroatoms. The summed E-state index contributed by atoms with van der Waals surface area (Å²) in [5, 5.41) is 4.34. The molecule has 1 aliphatic carbocycles. The summed E-state index contributed by atoms with van der Waals surface area (Å²) < 4.78 is 8.05. The molecular weight excluding hydrogens is 238 g/mol. The molecule has 1 atom stereocenters. The molecule has 4 nitrogen and oxygen atoms in total. The molecule has 0 amide bonds. The monoisotopic (exact) mass is 265 g/mol. The molecule has 0 spiro atoms. The number of aryl methyl sites for hydroxylation is 1. The molecule has 2 N–H and O–H groups in total. The first-order valence-electron chi connectivity index (χ1n) is 7.53. The standard InChI is InChI=1S/C15H27N3O/c1-4-18-11-13(10-17-18)14(16)15(19-5-2)8-6-12(3)7-9-15/h10-12,14H,4-9,16H2,1-3H3. The molecule has 0 aliphatic heterocycles. The number of aromatic nitrogens is 2. The van der Waals surface area contributed by atoms with Gasteiger partial charge in [-0.15, -0.1) is 0 Å². The molecule has 19 heavy (non-hydrogen) atoms. The molecule has 0 aromatic carbocycles. The summed E-state index contributed by atoms with van der Waals surface area (Å²) in [4.78, 5) is 0. The molecule has 0 saturated heterocycles. The minimum atomic E-state index is -0.192. The van der Waals surface area contributed by atoms with Gasteiger partial charge in [0.25, 0.3) is 0 Å². The molecule has 1 aliphatic rings. The van der Waals surface area contributed by atoms with E-state index >= 15 is 0 Å². The average Bonchev–Trinajstić information content (AvgIpc) is 2.90. The summed E-state index contributed by atoms with van der Waals surface area (Å²) in [7, 11) is 0. The first-order valence-corrected chi connectivity index (χ1v) is 7.53. The van der Waals surface area contributed by atoms with Gasteiger partial charge in [0, 0.05) is 24.9 Å². The number of hydrogen-bond acceptors (Lipinski definition) is 3. The van der Waals surface area contributed by atoms with Crippen LogP contribution in [0.5, 0.6) is 0 Å². The van der Waals surface area contributed by atoms with Crippen LogP contribution in [-0.4, -0.2) is 22.0 Å². The first-order chi connectivity index (χ1) is 9.11. The Hall–Kier alpha value is -0.870. The molecule has 1 unspecified atom stereocenters. The summed E-state index contributed by atoms with van der Waals surface area (Å²) in [6, 6.07) is -0.0692. The van der Waals surface area contributed by atoms with E-state index in [1.165, 1.54) is 12.8 Å². The average molecular weight is 265 g/mol. The molecule has 1 saturated carbocycles. The van der Waals surface area contributed by atoms with E-state index in [-0.39, 0.29) is 11.6 Å². The lowest BCUT2D eigenvalue weighted by atomic mass is 9.74. The van der Waals surface area contributed by atoms with Crippen LogP contribution < -0.4 is 5.73 Å². The van der Waals surface area contributed by atoms with Gasteiger partial charge in [-0.1, -0.05) is 6.92 Å². The van der Waals surface area contributed by atoms with Crippen molar-refractivity contribution in [1.82, 2.24) is 9.78 Å². The van der Waals surface area contributed by atoms with E-state index in [9.17, 15) is 0 Å². The zero-order valence-electron chi connectivity index (χ0n) is 12.4. The van der Waals surface area contributed by atoms with Crippen LogP contribution in [0.2, 0.25) is 0 Å². The van der Waals surface area contributed by atoms with E-state index in [1.54, 1.807) is 0 Å². The zero-order valence-corrected chi connectivity index (χ0v) is 12.4. The van der Waals surface area contributed by atoms with Crippen LogP contribution in [0.25, 0.3) is 0 Å². The highest BCUT2D eigenvalue weighted by atomic mass is 16.5. The predicted octanol–water partition coefficient (Wildman–Crippen LogP) is 2.89. The Morgan fingerprint density at radius 1 is 1.47 bits per heavy atom. The van der Waals surface area contributed by atoms with Crippen molar-refractivity contribution in [3.8, 4) is 0 Å². The summed E-state index contributed by atoms with van der Waals surface area (Å²) in [6.45, 7) is 8.07. The highest BCUT2D eigenvalue weighted by molar-refractivity contribution is 5.16. The Kier molecular flexibility index (Phi) is 4.63. The highest BCUT2D eigenvalue weighted by Crippen LogP contribution is 2.42. The third-order valence-corrected chi connectivity index (χ3v) is 4.46. The summed E-state index contributed by atoms with van der Waals surface area (Å²) in [5.74, 6) is 0.791. The normalized spacial score (nSPS) is 29.4. The maximum absolute atomic E-state index is 6.53. The third-order valence-electron chi connectivity index (χ3n) is 4.46. The van der Waals surface area contributed by atoms with E-state index < -0.39 is 0 Å². The number of rotatable bonds is 5. The van der Waals surface area contributed by atoms with Gasteiger partial charge in [-0.2, -0.15) is 5.10 Å². The second-order valence-electron chi connectivity index (χ2n) is 5.79. The Bertz CT molecular complexity index is 394. The smallest absolute Gasteiger partial charge is 0.0875 e. The fraction of sp³-hybridized carbons (Fsp3) is 0.800. The van der Waals surface area contributed by atoms with Crippen molar-refractivity contribution < 1.29 is 4.74 Å². The quantitative estimate of drug-likeness (QED) is 0.890. The van der Waals surface area contributed by atoms with E-state index in [0.29, 0.717) is 0 Å². The molecule has 1 heterocycles. The Morgan fingerprint density at radius 3 is 2.68 bits per heavy atom. The zero-order chi connectivity index (χ0) is 13.9. The minimum Gasteiger partial charge on any atom is -0.373 e. The summed E-state index contributed by atoms with van der Waals surface area (Å²) in [5.41, 5.74) is 7.44. The van der Waals surface area contributed by atoms with E-state index in [2.05, 4.69) is 32.1 Å². The number of nitrogens with zero attached hydrogens (tertiary/aromatic N) is 2. The molecular formula is C15H27N3O. The first kappa shape index (κ1) is 14.5. The molecule has 0 radical (unpaired) electrons. The Morgan fingerprint density at radius 2 is 2.16 bits per heavy atom. The van der Waals surface area contributed by atoms with Crippen LogP contribution in [0.15, 0.2) is 12.4 Å². The van der Waals surface area contributed by atoms with Gasteiger partial charge in [0.1, 0.15) is 0 Å². The van der Waals surface area contributed by atoms with Crippen molar-refractivity contribution in [3.05, 3.63) is 18.0 Å². The second-order valence-corrected chi connectivity index (χ2v) is 5.79. The minimum absolute atomic E-state index is 0.0692. The SMILES string of the molecule is CCOC1(C(N)c2cnn(CC)c2)CCC(C)CC1. The van der Waals surface area contributed by atoms with E-state index in [4.69, 9.17) is 10.5 Å². The van der Waals surface area contributed by atoms with Crippen molar-refractivity contribution in [1.29, 1.82) is 0 Å². The lowest BCUT2D eigenvalue weighted by Gasteiger charge is -2.43. The molecule has 0 bridgehead atoms. The van der Waals surface area contributed by atoms with Gasteiger partial charge in [0.2, 0.25) is 0 Å². The maximum atomic E-state index is 6.53. The van der Waals surface area contributed by atoms with Crippen molar-refractivity contribution in [2.45, 2.75) is 64.6 Å². The van der Waals surface area contributed by atoms with Crippen LogP contribution in [0.3, 0.4) is 0 Å². The summed E-state index contributed by atoms with van der Waals surface area (Å²) >= 11 is 0. The fourth-order valence-corrected chi connectivity index (χ4v) is 3.10. The van der Waals surface area contributed by atoms with Crippen molar-refractivity contribution >= 4 is 0 Å². The lowest BCUT2D eigenvalue weighted by molar-refractivity contribution is -0.0896. The maximum Gasteiger partial charge on any atom is 0.0875 e. The van der Waals surface area contributed by atoms with Crippen LogP contribution in [0.4, 0.5) is 0 Å². The third kappa shape index (κ3) is 3.00. The van der Waals surface area contributed by atoms with Gasteiger partial charge >= 0.3 is 0 Å². The van der Waals surface area contributed by atoms with Gasteiger partial charge in [-0.3, -0.25) is 4.68 Å². The van der Waals surface area contributed by atoms with Crippen molar-refractivity contribution in [2.24, 2.45) is 11.7 Å². The predicted molar refractivity (Wildman–Crippen MR) is 76.8 cm³/mol. The fourth-order valence-electron chi connectivity index (χ4n) is 3.10. The van der Waals surface area contributed by atoms with Gasteiger partial charge in [0.05, 0.1) is 17.8 Å². The molecule has 1 aromatic rings. The van der Waals surface area contributed by atoms with Crippen LogP contribution >= 0.6 is 0 Å². The van der Waals surface area contributed by atoms with Gasteiger partial charge in [-0.25, -0.2) is 0 Å². The largest absolute Gasteiger partial charge is 0.373 e. The van der Waals surface area contributed by atoms with Crippen molar-refractivity contribution in [2.75, 3.05) is 6.61 Å².